The zero-order chi connectivity index (χ0) is 18.4. The molecule has 6 nitrogen and oxygen atoms in total. The molecule has 0 bridgehead atoms. The number of hydrogen-bond acceptors (Lipinski definition) is 4. The largest absolute Gasteiger partial charge is 0.480 e. The number of rotatable bonds is 7. The molecule has 1 fully saturated rings. The summed E-state index contributed by atoms with van der Waals surface area (Å²) in [5, 5.41) is 11.9. The van der Waals surface area contributed by atoms with E-state index in [1.54, 1.807) is 6.92 Å². The molecule has 1 aliphatic heterocycles. The van der Waals surface area contributed by atoms with Crippen LogP contribution in [0.4, 0.5) is 0 Å². The maximum atomic E-state index is 12.5. The number of aliphatic carboxylic acids is 1. The lowest BCUT2D eigenvalue weighted by molar-refractivity contribution is -0.149. The highest BCUT2D eigenvalue weighted by atomic mass is 32.1. The Morgan fingerprint density at radius 2 is 2.00 bits per heavy atom. The van der Waals surface area contributed by atoms with Crippen LogP contribution in [0.5, 0.6) is 0 Å². The SMILES string of the molecule is C[C@H](NC(=O)C(CS)Cc1ccccc1)C(=O)N1CCC[C@H]1C(=O)O. The monoisotopic (exact) mass is 364 g/mol. The Balaban J connectivity index is 1.95. The number of thiol groups is 1. The summed E-state index contributed by atoms with van der Waals surface area (Å²) in [6.07, 6.45) is 1.66. The Kier molecular flexibility index (Phi) is 6.87. The van der Waals surface area contributed by atoms with Gasteiger partial charge in [0.25, 0.3) is 0 Å². The molecule has 0 aromatic heterocycles. The molecular weight excluding hydrogens is 340 g/mol. The number of carbonyl (C=O) groups is 3. The first-order chi connectivity index (χ1) is 11.9. The molecule has 3 atom stereocenters. The first kappa shape index (κ1) is 19.3. The van der Waals surface area contributed by atoms with Crippen molar-refractivity contribution < 1.29 is 19.5 Å². The molecule has 1 aromatic carbocycles. The first-order valence-electron chi connectivity index (χ1n) is 8.42. The van der Waals surface area contributed by atoms with E-state index in [2.05, 4.69) is 17.9 Å². The van der Waals surface area contributed by atoms with Gasteiger partial charge in [0.05, 0.1) is 5.92 Å². The second-order valence-corrected chi connectivity index (χ2v) is 6.69. The van der Waals surface area contributed by atoms with Gasteiger partial charge in [-0.25, -0.2) is 4.79 Å². The fourth-order valence-corrected chi connectivity index (χ4v) is 3.36. The average Bonchev–Trinajstić information content (AvgIpc) is 3.09. The van der Waals surface area contributed by atoms with Crippen LogP contribution in [0.1, 0.15) is 25.3 Å². The van der Waals surface area contributed by atoms with Crippen LogP contribution in [0.2, 0.25) is 0 Å². The lowest BCUT2D eigenvalue weighted by Crippen LogP contribution is -2.51. The normalized spacial score (nSPS) is 19.3. The van der Waals surface area contributed by atoms with E-state index in [0.29, 0.717) is 31.6 Å². The van der Waals surface area contributed by atoms with Gasteiger partial charge >= 0.3 is 5.97 Å². The van der Waals surface area contributed by atoms with Gasteiger partial charge in [0.15, 0.2) is 0 Å². The highest BCUT2D eigenvalue weighted by Gasteiger charge is 2.36. The zero-order valence-electron chi connectivity index (χ0n) is 14.2. The van der Waals surface area contributed by atoms with Gasteiger partial charge < -0.3 is 15.3 Å². The van der Waals surface area contributed by atoms with Gasteiger partial charge in [0.2, 0.25) is 11.8 Å². The van der Waals surface area contributed by atoms with Gasteiger partial charge in [0, 0.05) is 12.3 Å². The highest BCUT2D eigenvalue weighted by molar-refractivity contribution is 7.80. The van der Waals surface area contributed by atoms with E-state index in [0.717, 1.165) is 5.56 Å². The number of nitrogens with one attached hydrogen (secondary N) is 1. The number of carbonyl (C=O) groups excluding carboxylic acids is 2. The van der Waals surface area contributed by atoms with Crippen LogP contribution in [0.25, 0.3) is 0 Å². The van der Waals surface area contributed by atoms with Crippen LogP contribution in [0.3, 0.4) is 0 Å². The van der Waals surface area contributed by atoms with E-state index in [-0.39, 0.29) is 17.7 Å². The van der Waals surface area contributed by atoms with Crippen molar-refractivity contribution in [2.24, 2.45) is 5.92 Å². The molecule has 7 heteroatoms. The molecule has 1 heterocycles. The molecule has 136 valence electrons. The van der Waals surface area contributed by atoms with Crippen LogP contribution in [0.15, 0.2) is 30.3 Å². The van der Waals surface area contributed by atoms with Crippen molar-refractivity contribution in [2.45, 2.75) is 38.3 Å². The van der Waals surface area contributed by atoms with Crippen molar-refractivity contribution in [3.05, 3.63) is 35.9 Å². The predicted octanol–water partition coefficient (Wildman–Crippen LogP) is 1.36. The topological polar surface area (TPSA) is 86.7 Å². The van der Waals surface area contributed by atoms with Gasteiger partial charge in [-0.1, -0.05) is 30.3 Å². The lowest BCUT2D eigenvalue weighted by atomic mass is 10.00. The van der Waals surface area contributed by atoms with Gasteiger partial charge in [-0.2, -0.15) is 12.6 Å². The number of likely N-dealkylation sites (tertiary alicyclic amines) is 1. The molecule has 2 amide bonds. The summed E-state index contributed by atoms with van der Waals surface area (Å²) >= 11 is 4.25. The standard InChI is InChI=1S/C18H24N2O4S/c1-12(17(22)20-9-5-8-15(20)18(23)24)19-16(21)14(11-25)10-13-6-3-2-4-7-13/h2-4,6-7,12,14-15,25H,5,8-11H2,1H3,(H,19,21)(H,23,24)/t12-,14?,15-/m0/s1. The Morgan fingerprint density at radius 3 is 2.60 bits per heavy atom. The molecule has 1 unspecified atom stereocenters. The Hall–Kier alpha value is -2.02. The zero-order valence-corrected chi connectivity index (χ0v) is 15.1. The maximum absolute atomic E-state index is 12.5. The molecule has 0 spiro atoms. The molecule has 0 saturated carbocycles. The number of benzene rings is 1. The van der Waals surface area contributed by atoms with Crippen molar-refractivity contribution in [1.82, 2.24) is 10.2 Å². The minimum atomic E-state index is -0.998. The van der Waals surface area contributed by atoms with E-state index in [4.69, 9.17) is 0 Å². The molecule has 0 aliphatic carbocycles. The quantitative estimate of drug-likeness (QED) is 0.638. The minimum absolute atomic E-state index is 0.245. The summed E-state index contributed by atoms with van der Waals surface area (Å²) in [5.41, 5.74) is 1.03. The average molecular weight is 364 g/mol. The molecule has 1 aromatic rings. The Morgan fingerprint density at radius 1 is 1.32 bits per heavy atom. The molecule has 0 radical (unpaired) electrons. The number of carboxylic acid groups (broad SMARTS) is 1. The van der Waals surface area contributed by atoms with E-state index >= 15 is 0 Å². The smallest absolute Gasteiger partial charge is 0.326 e. The van der Waals surface area contributed by atoms with Crippen LogP contribution in [-0.4, -0.2) is 52.2 Å². The summed E-state index contributed by atoms with van der Waals surface area (Å²) in [7, 11) is 0. The third-order valence-electron chi connectivity index (χ3n) is 4.47. The van der Waals surface area contributed by atoms with Gasteiger partial charge in [0.1, 0.15) is 12.1 Å². The van der Waals surface area contributed by atoms with E-state index < -0.39 is 18.1 Å². The van der Waals surface area contributed by atoms with Crippen molar-refractivity contribution in [3.8, 4) is 0 Å². The maximum Gasteiger partial charge on any atom is 0.326 e. The van der Waals surface area contributed by atoms with Crippen molar-refractivity contribution in [1.29, 1.82) is 0 Å². The number of carboxylic acids is 1. The minimum Gasteiger partial charge on any atom is -0.480 e. The van der Waals surface area contributed by atoms with Crippen LogP contribution < -0.4 is 5.32 Å². The third-order valence-corrected chi connectivity index (χ3v) is 4.91. The van der Waals surface area contributed by atoms with Crippen LogP contribution >= 0.6 is 12.6 Å². The summed E-state index contributed by atoms with van der Waals surface area (Å²) in [4.78, 5) is 37.5. The summed E-state index contributed by atoms with van der Waals surface area (Å²) in [6.45, 7) is 2.01. The summed E-state index contributed by atoms with van der Waals surface area (Å²) in [5.74, 6) is -1.58. The van der Waals surface area contributed by atoms with Crippen LogP contribution in [-0.2, 0) is 20.8 Å². The molecule has 1 aliphatic rings. The molecule has 25 heavy (non-hydrogen) atoms. The lowest BCUT2D eigenvalue weighted by Gasteiger charge is -2.26. The fourth-order valence-electron chi connectivity index (χ4n) is 3.07. The Bertz CT molecular complexity index is 623. The molecule has 2 N–H and O–H groups in total. The van der Waals surface area contributed by atoms with Crippen molar-refractivity contribution in [2.75, 3.05) is 12.3 Å². The first-order valence-corrected chi connectivity index (χ1v) is 9.05. The van der Waals surface area contributed by atoms with Crippen molar-refractivity contribution in [3.63, 3.8) is 0 Å². The third kappa shape index (κ3) is 4.98. The summed E-state index contributed by atoms with van der Waals surface area (Å²) in [6, 6.07) is 8.07. The van der Waals surface area contributed by atoms with E-state index in [1.165, 1.54) is 4.90 Å². The van der Waals surface area contributed by atoms with Crippen LogP contribution in [0, 0.1) is 5.92 Å². The molecule has 1 saturated heterocycles. The van der Waals surface area contributed by atoms with Gasteiger partial charge in [-0.15, -0.1) is 0 Å². The molecule has 2 rings (SSSR count). The highest BCUT2D eigenvalue weighted by Crippen LogP contribution is 2.19. The number of hydrogen-bond donors (Lipinski definition) is 3. The van der Waals surface area contributed by atoms with E-state index in [9.17, 15) is 19.5 Å². The number of nitrogens with zero attached hydrogens (tertiary/aromatic N) is 1. The van der Waals surface area contributed by atoms with E-state index in [1.807, 2.05) is 30.3 Å². The van der Waals surface area contributed by atoms with Gasteiger partial charge in [-0.05, 0) is 31.7 Å². The summed E-state index contributed by atoms with van der Waals surface area (Å²) < 4.78 is 0. The Labute approximate surface area is 153 Å². The predicted molar refractivity (Wildman–Crippen MR) is 97.5 cm³/mol. The van der Waals surface area contributed by atoms with Crippen molar-refractivity contribution >= 4 is 30.4 Å². The second-order valence-electron chi connectivity index (χ2n) is 6.33. The number of amides is 2. The fraction of sp³-hybridized carbons (Fsp3) is 0.500. The van der Waals surface area contributed by atoms with Gasteiger partial charge in [-0.3, -0.25) is 9.59 Å². The molecular formula is C18H24N2O4S. The second kappa shape index (κ2) is 8.89.